The lowest BCUT2D eigenvalue weighted by atomic mass is 10.1. The van der Waals surface area contributed by atoms with E-state index in [1.807, 2.05) is 34.6 Å². The number of benzene rings is 1. The van der Waals surface area contributed by atoms with Gasteiger partial charge in [-0.05, 0) is 32.9 Å². The van der Waals surface area contributed by atoms with E-state index < -0.39 is 0 Å². The maximum absolute atomic E-state index is 12.4. The molecule has 26 heavy (non-hydrogen) atoms. The topological polar surface area (TPSA) is 85.9 Å². The highest BCUT2D eigenvalue weighted by molar-refractivity contribution is 5.95. The van der Waals surface area contributed by atoms with Gasteiger partial charge in [0.1, 0.15) is 0 Å². The zero-order valence-corrected chi connectivity index (χ0v) is 16.3. The number of nitrogens with one attached hydrogen (secondary N) is 2. The Labute approximate surface area is 155 Å². The van der Waals surface area contributed by atoms with E-state index in [0.717, 1.165) is 0 Å². The van der Waals surface area contributed by atoms with Crippen LogP contribution in [-0.2, 0) is 4.79 Å². The SMILES string of the molecule is CCOc1cc(C(=O)NCCNC(=O)C(C)C)cc(OCC)c1OCC. The third kappa shape index (κ3) is 6.46. The molecule has 0 aromatic heterocycles. The van der Waals surface area contributed by atoms with Gasteiger partial charge in [-0.3, -0.25) is 9.59 Å². The largest absolute Gasteiger partial charge is 0.490 e. The Bertz CT molecular complexity index is 575. The quantitative estimate of drug-likeness (QED) is 0.587. The molecule has 1 aromatic rings. The van der Waals surface area contributed by atoms with Gasteiger partial charge in [-0.1, -0.05) is 13.8 Å². The number of carbonyl (C=O) groups is 2. The molecule has 0 heterocycles. The second-order valence-corrected chi connectivity index (χ2v) is 5.80. The predicted octanol–water partition coefficient (Wildman–Crippen LogP) is 2.38. The standard InChI is InChI=1S/C19H30N2O5/c1-6-24-15-11-14(12-16(25-7-2)17(15)26-8-3)19(23)21-10-9-20-18(22)13(4)5/h11-13H,6-10H2,1-5H3,(H,20,22)(H,21,23). The second-order valence-electron chi connectivity index (χ2n) is 5.80. The highest BCUT2D eigenvalue weighted by atomic mass is 16.5. The van der Waals surface area contributed by atoms with Crippen LogP contribution < -0.4 is 24.8 Å². The molecule has 0 saturated heterocycles. The molecule has 2 amide bonds. The van der Waals surface area contributed by atoms with Crippen LogP contribution in [0.3, 0.4) is 0 Å². The summed E-state index contributed by atoms with van der Waals surface area (Å²) in [5.41, 5.74) is 0.413. The van der Waals surface area contributed by atoms with E-state index in [9.17, 15) is 9.59 Å². The molecule has 0 aliphatic rings. The zero-order chi connectivity index (χ0) is 19.5. The van der Waals surface area contributed by atoms with Crippen LogP contribution in [0.2, 0.25) is 0 Å². The van der Waals surface area contributed by atoms with Gasteiger partial charge >= 0.3 is 0 Å². The van der Waals surface area contributed by atoms with Crippen LogP contribution in [0, 0.1) is 5.92 Å². The summed E-state index contributed by atoms with van der Waals surface area (Å²) in [6.07, 6.45) is 0. The van der Waals surface area contributed by atoms with Gasteiger partial charge < -0.3 is 24.8 Å². The van der Waals surface area contributed by atoms with Crippen LogP contribution in [-0.4, -0.2) is 44.7 Å². The highest BCUT2D eigenvalue weighted by Crippen LogP contribution is 2.39. The molecule has 7 nitrogen and oxygen atoms in total. The second kappa shape index (κ2) is 11.2. The van der Waals surface area contributed by atoms with Crippen LogP contribution in [0.4, 0.5) is 0 Å². The van der Waals surface area contributed by atoms with Crippen molar-refractivity contribution >= 4 is 11.8 Å². The Morgan fingerprint density at radius 3 is 1.85 bits per heavy atom. The van der Waals surface area contributed by atoms with E-state index in [4.69, 9.17) is 14.2 Å². The average Bonchev–Trinajstić information content (AvgIpc) is 2.61. The van der Waals surface area contributed by atoms with Crippen LogP contribution in [0.5, 0.6) is 17.2 Å². The summed E-state index contributed by atoms with van der Waals surface area (Å²) in [5, 5.41) is 5.53. The minimum Gasteiger partial charge on any atom is -0.490 e. The summed E-state index contributed by atoms with van der Waals surface area (Å²) in [6, 6.07) is 3.28. The molecule has 0 bridgehead atoms. The van der Waals surface area contributed by atoms with Gasteiger partial charge in [-0.25, -0.2) is 0 Å². The molecular weight excluding hydrogens is 336 g/mol. The number of amides is 2. The molecule has 0 fully saturated rings. The first-order valence-corrected chi connectivity index (χ1v) is 9.06. The van der Waals surface area contributed by atoms with E-state index >= 15 is 0 Å². The van der Waals surface area contributed by atoms with Crippen LogP contribution in [0.25, 0.3) is 0 Å². The van der Waals surface area contributed by atoms with E-state index in [-0.39, 0.29) is 17.7 Å². The van der Waals surface area contributed by atoms with Crippen LogP contribution in [0.1, 0.15) is 45.0 Å². The van der Waals surface area contributed by atoms with Gasteiger partial charge in [0.25, 0.3) is 5.91 Å². The fraction of sp³-hybridized carbons (Fsp3) is 0.579. The van der Waals surface area contributed by atoms with Gasteiger partial charge in [0.2, 0.25) is 11.7 Å². The van der Waals surface area contributed by atoms with E-state index in [2.05, 4.69) is 10.6 Å². The fourth-order valence-corrected chi connectivity index (χ4v) is 2.19. The Morgan fingerprint density at radius 2 is 1.38 bits per heavy atom. The van der Waals surface area contributed by atoms with E-state index in [1.165, 1.54) is 0 Å². The number of carbonyl (C=O) groups excluding carboxylic acids is 2. The van der Waals surface area contributed by atoms with Crippen molar-refractivity contribution in [3.8, 4) is 17.2 Å². The highest BCUT2D eigenvalue weighted by Gasteiger charge is 2.18. The summed E-state index contributed by atoms with van der Waals surface area (Å²) in [5.74, 6) is 1.04. The Balaban J connectivity index is 2.86. The summed E-state index contributed by atoms with van der Waals surface area (Å²) in [7, 11) is 0. The molecule has 1 aromatic carbocycles. The Morgan fingerprint density at radius 1 is 0.885 bits per heavy atom. The predicted molar refractivity (Wildman–Crippen MR) is 100 cm³/mol. The first-order valence-electron chi connectivity index (χ1n) is 9.06. The van der Waals surface area contributed by atoms with Gasteiger partial charge in [0.05, 0.1) is 19.8 Å². The van der Waals surface area contributed by atoms with Crippen molar-refractivity contribution in [2.45, 2.75) is 34.6 Å². The molecule has 7 heteroatoms. The number of hydrogen-bond acceptors (Lipinski definition) is 5. The lowest BCUT2D eigenvalue weighted by Gasteiger charge is -2.17. The molecule has 0 saturated carbocycles. The smallest absolute Gasteiger partial charge is 0.251 e. The first-order chi connectivity index (χ1) is 12.4. The number of ether oxygens (including phenoxy) is 3. The van der Waals surface area contributed by atoms with Gasteiger partial charge in [-0.15, -0.1) is 0 Å². The number of rotatable bonds is 11. The summed E-state index contributed by atoms with van der Waals surface area (Å²) in [4.78, 5) is 23.9. The Hall–Kier alpha value is -2.44. The monoisotopic (exact) mass is 366 g/mol. The first kappa shape index (κ1) is 21.6. The van der Waals surface area contributed by atoms with Crippen LogP contribution >= 0.6 is 0 Å². The molecule has 0 aliphatic heterocycles. The summed E-state index contributed by atoms with van der Waals surface area (Å²) < 4.78 is 16.8. The molecule has 146 valence electrons. The molecule has 0 aliphatic carbocycles. The van der Waals surface area contributed by atoms with E-state index in [0.29, 0.717) is 55.7 Å². The maximum atomic E-state index is 12.4. The molecule has 0 spiro atoms. The van der Waals surface area contributed by atoms with Crippen molar-refractivity contribution < 1.29 is 23.8 Å². The van der Waals surface area contributed by atoms with Crippen molar-refractivity contribution in [3.05, 3.63) is 17.7 Å². The van der Waals surface area contributed by atoms with Crippen LogP contribution in [0.15, 0.2) is 12.1 Å². The fourth-order valence-electron chi connectivity index (χ4n) is 2.19. The molecular formula is C19H30N2O5. The normalized spacial score (nSPS) is 10.4. The van der Waals surface area contributed by atoms with Crippen molar-refractivity contribution in [2.24, 2.45) is 5.92 Å². The lowest BCUT2D eigenvalue weighted by molar-refractivity contribution is -0.123. The van der Waals surface area contributed by atoms with Gasteiger partial charge in [0, 0.05) is 24.6 Å². The number of hydrogen-bond donors (Lipinski definition) is 2. The average molecular weight is 366 g/mol. The minimum absolute atomic E-state index is 0.0439. The van der Waals surface area contributed by atoms with Crippen molar-refractivity contribution in [2.75, 3.05) is 32.9 Å². The molecule has 0 unspecified atom stereocenters. The van der Waals surface area contributed by atoms with E-state index in [1.54, 1.807) is 12.1 Å². The van der Waals surface area contributed by atoms with Crippen molar-refractivity contribution in [3.63, 3.8) is 0 Å². The molecule has 1 rings (SSSR count). The maximum Gasteiger partial charge on any atom is 0.251 e. The molecule has 2 N–H and O–H groups in total. The minimum atomic E-state index is -0.270. The third-order valence-corrected chi connectivity index (χ3v) is 3.41. The zero-order valence-electron chi connectivity index (χ0n) is 16.3. The van der Waals surface area contributed by atoms with Gasteiger partial charge in [-0.2, -0.15) is 0 Å². The molecule has 0 radical (unpaired) electrons. The summed E-state index contributed by atoms with van der Waals surface area (Å²) in [6.45, 7) is 11.3. The van der Waals surface area contributed by atoms with Crippen molar-refractivity contribution in [1.29, 1.82) is 0 Å². The van der Waals surface area contributed by atoms with Gasteiger partial charge in [0.15, 0.2) is 11.5 Å². The summed E-state index contributed by atoms with van der Waals surface area (Å²) >= 11 is 0. The van der Waals surface area contributed by atoms with Crippen molar-refractivity contribution in [1.82, 2.24) is 10.6 Å². The lowest BCUT2D eigenvalue weighted by Crippen LogP contribution is -2.36. The molecule has 0 atom stereocenters. The Kier molecular flexibility index (Phi) is 9.33. The third-order valence-electron chi connectivity index (χ3n) is 3.41.